The molecule has 2 heterocycles. The number of carbonyl (C=O) groups excluding carboxylic acids is 2. The van der Waals surface area contributed by atoms with Crippen LogP contribution in [-0.2, 0) is 9.53 Å². The first kappa shape index (κ1) is 30.9. The van der Waals surface area contributed by atoms with Gasteiger partial charge in [0.1, 0.15) is 6.17 Å². The zero-order chi connectivity index (χ0) is 30.3. The molecule has 3 aromatic rings. The largest absolute Gasteiger partial charge is 0.379 e. The summed E-state index contributed by atoms with van der Waals surface area (Å²) in [7, 11) is 0. The van der Waals surface area contributed by atoms with E-state index in [2.05, 4.69) is 26.5 Å². The highest BCUT2D eigenvalue weighted by molar-refractivity contribution is 6.18. The van der Waals surface area contributed by atoms with Crippen molar-refractivity contribution in [2.75, 3.05) is 78.1 Å². The summed E-state index contributed by atoms with van der Waals surface area (Å²) in [5, 5.41) is 6.69. The summed E-state index contributed by atoms with van der Waals surface area (Å²) < 4.78 is 5.40. The lowest BCUT2D eigenvalue weighted by molar-refractivity contribution is -0.116. The molecule has 0 aromatic heterocycles. The Morgan fingerprint density at radius 1 is 1.05 bits per heavy atom. The number of hydrogen-bond acceptors (Lipinski definition) is 7. The Balaban J connectivity index is 1.45. The van der Waals surface area contributed by atoms with Gasteiger partial charge in [0, 0.05) is 62.3 Å². The number of morpholine rings is 1. The number of carbonyl (C=O) groups is 2. The SMILES string of the molecule is Cc1cc(N2c3ccccc3NC2c2cccc(NC(=O)CCN3CCOCC3)c2)cc(C(N)=O)c1N(CCCl)CCCl. The lowest BCUT2D eigenvalue weighted by atomic mass is 10.0. The van der Waals surface area contributed by atoms with Gasteiger partial charge in [-0.25, -0.2) is 0 Å². The summed E-state index contributed by atoms with van der Waals surface area (Å²) in [4.78, 5) is 32.0. The van der Waals surface area contributed by atoms with Crippen molar-refractivity contribution in [3.8, 4) is 0 Å². The fraction of sp³-hybridized carbons (Fsp3) is 0.375. The van der Waals surface area contributed by atoms with Gasteiger partial charge >= 0.3 is 0 Å². The number of para-hydroxylation sites is 2. The first-order valence-corrected chi connectivity index (χ1v) is 15.6. The van der Waals surface area contributed by atoms with E-state index in [4.69, 9.17) is 33.7 Å². The van der Waals surface area contributed by atoms with E-state index >= 15 is 0 Å². The lowest BCUT2D eigenvalue weighted by Gasteiger charge is -2.31. The quantitative estimate of drug-likeness (QED) is 0.235. The first-order chi connectivity index (χ1) is 20.9. The summed E-state index contributed by atoms with van der Waals surface area (Å²) in [6.45, 7) is 6.86. The number of nitrogens with two attached hydrogens (primary N) is 1. The van der Waals surface area contributed by atoms with Crippen molar-refractivity contribution in [1.82, 2.24) is 4.90 Å². The molecule has 0 aliphatic carbocycles. The molecule has 2 aliphatic heterocycles. The smallest absolute Gasteiger partial charge is 0.250 e. The Labute approximate surface area is 262 Å². The number of anilines is 5. The molecular formula is C32H38Cl2N6O3. The van der Waals surface area contributed by atoms with Gasteiger partial charge in [-0.05, 0) is 54.4 Å². The van der Waals surface area contributed by atoms with Crippen molar-refractivity contribution in [1.29, 1.82) is 0 Å². The molecule has 0 spiro atoms. The van der Waals surface area contributed by atoms with Crippen LogP contribution in [0.2, 0.25) is 0 Å². The van der Waals surface area contributed by atoms with Crippen LogP contribution in [0.5, 0.6) is 0 Å². The number of rotatable bonds is 12. The van der Waals surface area contributed by atoms with Crippen molar-refractivity contribution in [3.05, 3.63) is 77.4 Å². The van der Waals surface area contributed by atoms with Crippen molar-refractivity contribution >= 4 is 63.5 Å². The minimum atomic E-state index is -0.520. The zero-order valence-electron chi connectivity index (χ0n) is 24.3. The van der Waals surface area contributed by atoms with E-state index in [0.29, 0.717) is 56.6 Å². The first-order valence-electron chi connectivity index (χ1n) is 14.6. The molecule has 1 saturated heterocycles. The van der Waals surface area contributed by atoms with Crippen LogP contribution in [0.4, 0.5) is 28.4 Å². The van der Waals surface area contributed by atoms with Gasteiger partial charge in [-0.2, -0.15) is 0 Å². The van der Waals surface area contributed by atoms with Crippen molar-refractivity contribution in [3.63, 3.8) is 0 Å². The van der Waals surface area contributed by atoms with Crippen LogP contribution in [0.1, 0.15) is 34.1 Å². The predicted molar refractivity (Wildman–Crippen MR) is 175 cm³/mol. The molecule has 11 heteroatoms. The number of fused-ring (bicyclic) bond motifs is 1. The Kier molecular flexibility index (Phi) is 10.3. The van der Waals surface area contributed by atoms with Crippen LogP contribution in [-0.4, -0.2) is 74.4 Å². The monoisotopic (exact) mass is 624 g/mol. The fourth-order valence-corrected chi connectivity index (χ4v) is 6.23. The van der Waals surface area contributed by atoms with E-state index in [1.54, 1.807) is 0 Å². The van der Waals surface area contributed by atoms with Gasteiger partial charge in [-0.15, -0.1) is 23.2 Å². The third kappa shape index (κ3) is 7.18. The molecule has 228 valence electrons. The van der Waals surface area contributed by atoms with Gasteiger partial charge in [0.15, 0.2) is 0 Å². The molecule has 0 saturated carbocycles. The van der Waals surface area contributed by atoms with Crippen LogP contribution in [0.25, 0.3) is 0 Å². The topological polar surface area (TPSA) is 103 Å². The molecule has 1 unspecified atom stereocenters. The number of nitrogens with zero attached hydrogens (tertiary/aromatic N) is 3. The van der Waals surface area contributed by atoms with Crippen LogP contribution in [0, 0.1) is 6.92 Å². The standard InChI is InChI=1S/C32H38Cl2N6O3/c1-22-19-25(21-26(31(35)42)30(22)39(13-10-33)14-11-34)40-28-8-3-2-7-27(28)37-32(40)23-5-4-6-24(20-23)36-29(41)9-12-38-15-17-43-18-16-38/h2-8,19-21,32,37H,9-18H2,1H3,(H2,35,42)(H,36,41). The average molecular weight is 626 g/mol. The van der Waals surface area contributed by atoms with E-state index in [-0.39, 0.29) is 12.1 Å². The fourth-order valence-electron chi connectivity index (χ4n) is 5.82. The number of primary amides is 1. The molecule has 1 atom stereocenters. The number of halogens is 2. The summed E-state index contributed by atoms with van der Waals surface area (Å²) in [6.07, 6.45) is 0.116. The van der Waals surface area contributed by atoms with Gasteiger partial charge in [0.2, 0.25) is 5.91 Å². The van der Waals surface area contributed by atoms with Crippen LogP contribution < -0.4 is 26.2 Å². The van der Waals surface area contributed by atoms with E-state index in [1.807, 2.05) is 66.4 Å². The highest BCUT2D eigenvalue weighted by Gasteiger charge is 2.32. The van der Waals surface area contributed by atoms with E-state index < -0.39 is 5.91 Å². The number of alkyl halides is 2. The van der Waals surface area contributed by atoms with Gasteiger partial charge < -0.3 is 30.9 Å². The zero-order valence-corrected chi connectivity index (χ0v) is 25.8. The van der Waals surface area contributed by atoms with Crippen molar-refractivity contribution < 1.29 is 14.3 Å². The highest BCUT2D eigenvalue weighted by atomic mass is 35.5. The maximum atomic E-state index is 12.8. The average Bonchev–Trinajstić information content (AvgIpc) is 3.40. The second-order valence-corrected chi connectivity index (χ2v) is 11.5. The molecule has 0 bridgehead atoms. The van der Waals surface area contributed by atoms with Gasteiger partial charge in [0.05, 0.1) is 35.8 Å². The maximum absolute atomic E-state index is 12.8. The summed E-state index contributed by atoms with van der Waals surface area (Å²) in [5.41, 5.74) is 12.4. The second-order valence-electron chi connectivity index (χ2n) is 10.7. The number of ether oxygens (including phenoxy) is 1. The summed E-state index contributed by atoms with van der Waals surface area (Å²) in [5.74, 6) is 0.232. The molecule has 2 amide bonds. The van der Waals surface area contributed by atoms with E-state index in [1.165, 1.54) is 0 Å². The van der Waals surface area contributed by atoms with Crippen molar-refractivity contribution in [2.45, 2.75) is 19.5 Å². The van der Waals surface area contributed by atoms with Crippen LogP contribution in [0.15, 0.2) is 60.7 Å². The third-order valence-corrected chi connectivity index (χ3v) is 8.15. The minimum Gasteiger partial charge on any atom is -0.379 e. The minimum absolute atomic E-state index is 0.0288. The number of benzene rings is 3. The Bertz CT molecular complexity index is 1440. The molecule has 0 radical (unpaired) electrons. The number of hydrogen-bond donors (Lipinski definition) is 3. The highest BCUT2D eigenvalue weighted by Crippen LogP contribution is 2.47. The number of aryl methyl sites for hydroxylation is 1. The van der Waals surface area contributed by atoms with Gasteiger partial charge in [0.25, 0.3) is 5.91 Å². The Hall–Kier alpha value is -3.50. The number of amides is 2. The summed E-state index contributed by atoms with van der Waals surface area (Å²) >= 11 is 12.2. The third-order valence-electron chi connectivity index (χ3n) is 7.81. The molecule has 4 N–H and O–H groups in total. The molecule has 5 rings (SSSR count). The molecule has 43 heavy (non-hydrogen) atoms. The molecule has 1 fully saturated rings. The molecule has 9 nitrogen and oxygen atoms in total. The lowest BCUT2D eigenvalue weighted by Crippen LogP contribution is -2.38. The molecule has 2 aliphatic rings. The normalized spacial score (nSPS) is 16.4. The Morgan fingerprint density at radius 3 is 2.51 bits per heavy atom. The molecule has 3 aromatic carbocycles. The van der Waals surface area contributed by atoms with Crippen LogP contribution >= 0.6 is 23.2 Å². The van der Waals surface area contributed by atoms with E-state index in [9.17, 15) is 9.59 Å². The van der Waals surface area contributed by atoms with E-state index in [0.717, 1.165) is 52.7 Å². The van der Waals surface area contributed by atoms with Crippen molar-refractivity contribution in [2.24, 2.45) is 5.73 Å². The Morgan fingerprint density at radius 2 is 1.79 bits per heavy atom. The van der Waals surface area contributed by atoms with Crippen LogP contribution in [0.3, 0.4) is 0 Å². The number of nitrogens with one attached hydrogen (secondary N) is 2. The predicted octanol–water partition coefficient (Wildman–Crippen LogP) is 5.30. The van der Waals surface area contributed by atoms with Gasteiger partial charge in [-0.3, -0.25) is 14.5 Å². The second kappa shape index (κ2) is 14.3. The molecular weight excluding hydrogens is 587 g/mol. The summed E-state index contributed by atoms with van der Waals surface area (Å²) in [6, 6.07) is 19.8. The van der Waals surface area contributed by atoms with Gasteiger partial charge in [-0.1, -0.05) is 24.3 Å². The maximum Gasteiger partial charge on any atom is 0.250 e.